The van der Waals surface area contributed by atoms with Crippen molar-refractivity contribution in [1.82, 2.24) is 15.6 Å². The lowest BCUT2D eigenvalue weighted by Crippen LogP contribution is -2.50. The van der Waals surface area contributed by atoms with Crippen LogP contribution in [-0.2, 0) is 5.54 Å². The molecule has 1 aliphatic heterocycles. The van der Waals surface area contributed by atoms with Gasteiger partial charge in [0.1, 0.15) is 0 Å². The first-order valence-electron chi connectivity index (χ1n) is 4.61. The van der Waals surface area contributed by atoms with Gasteiger partial charge in [-0.3, -0.25) is 4.98 Å². The van der Waals surface area contributed by atoms with Gasteiger partial charge >= 0.3 is 0 Å². The molecule has 13 heavy (non-hydrogen) atoms. The maximum Gasteiger partial charge on any atom is 0.0702 e. The molecule has 1 aromatic rings. The van der Waals surface area contributed by atoms with Gasteiger partial charge in [0.2, 0.25) is 0 Å². The Morgan fingerprint density at radius 3 is 2.77 bits per heavy atom. The molecule has 0 saturated carbocycles. The van der Waals surface area contributed by atoms with Gasteiger partial charge in [-0.05, 0) is 24.6 Å². The Morgan fingerprint density at radius 1 is 1.38 bits per heavy atom. The fourth-order valence-electron chi connectivity index (χ4n) is 1.67. The second-order valence-electron chi connectivity index (χ2n) is 3.57. The summed E-state index contributed by atoms with van der Waals surface area (Å²) < 4.78 is 0. The molecule has 1 N–H and O–H groups in total. The Morgan fingerprint density at radius 2 is 2.15 bits per heavy atom. The highest BCUT2D eigenvalue weighted by atomic mass is 15.1. The average Bonchev–Trinajstić information content (AvgIpc) is 2.20. The van der Waals surface area contributed by atoms with Crippen molar-refractivity contribution in [2.24, 2.45) is 0 Å². The number of hydrogen-bond acceptors (Lipinski definition) is 2. The van der Waals surface area contributed by atoms with E-state index in [0.29, 0.717) is 0 Å². The minimum Gasteiger partial charge on any atom is -0.313 e. The van der Waals surface area contributed by atoms with E-state index in [9.17, 15) is 0 Å². The van der Waals surface area contributed by atoms with Crippen LogP contribution in [0.25, 0.3) is 0 Å². The zero-order valence-electron chi connectivity index (χ0n) is 7.83. The number of hydrogen-bond donors (Lipinski definition) is 1. The highest BCUT2D eigenvalue weighted by Gasteiger charge is 2.29. The largest absolute Gasteiger partial charge is 0.313 e. The third-order valence-electron chi connectivity index (χ3n) is 2.52. The second-order valence-corrected chi connectivity index (χ2v) is 3.57. The summed E-state index contributed by atoms with van der Waals surface area (Å²) in [6.07, 6.45) is 3.65. The lowest BCUT2D eigenvalue weighted by atomic mass is 9.91. The highest BCUT2D eigenvalue weighted by molar-refractivity contribution is 5.21. The van der Waals surface area contributed by atoms with E-state index < -0.39 is 0 Å². The van der Waals surface area contributed by atoms with E-state index in [1.165, 1.54) is 5.56 Å². The summed E-state index contributed by atoms with van der Waals surface area (Å²) in [7, 11) is 0. The molecule has 0 spiro atoms. The van der Waals surface area contributed by atoms with Crippen molar-refractivity contribution < 1.29 is 0 Å². The second kappa shape index (κ2) is 3.44. The molecular formula is C10H14N3. The number of nitrogens with one attached hydrogen (secondary N) is 1. The minimum absolute atomic E-state index is 0.0544. The van der Waals surface area contributed by atoms with Crippen LogP contribution in [0.2, 0.25) is 0 Å². The summed E-state index contributed by atoms with van der Waals surface area (Å²) >= 11 is 0. The van der Waals surface area contributed by atoms with Crippen molar-refractivity contribution in [3.8, 4) is 0 Å². The van der Waals surface area contributed by atoms with Crippen LogP contribution in [0.5, 0.6) is 0 Å². The molecule has 1 fully saturated rings. The molecular weight excluding hydrogens is 162 g/mol. The zero-order chi connectivity index (χ0) is 9.15. The summed E-state index contributed by atoms with van der Waals surface area (Å²) in [5, 5.41) is 8.00. The third-order valence-corrected chi connectivity index (χ3v) is 2.52. The van der Waals surface area contributed by atoms with Crippen LogP contribution in [0, 0.1) is 0 Å². The molecule has 1 aliphatic rings. The van der Waals surface area contributed by atoms with Crippen LogP contribution in [0.3, 0.4) is 0 Å². The number of nitrogens with zero attached hydrogens (tertiary/aromatic N) is 2. The molecule has 0 aliphatic carbocycles. The number of aromatic nitrogens is 1. The van der Waals surface area contributed by atoms with Gasteiger partial charge in [0, 0.05) is 32.0 Å². The predicted octanol–water partition coefficient (Wildman–Crippen LogP) is 0.504. The van der Waals surface area contributed by atoms with Crippen molar-refractivity contribution in [2.75, 3.05) is 19.6 Å². The van der Waals surface area contributed by atoms with Crippen molar-refractivity contribution in [2.45, 2.75) is 12.5 Å². The summed E-state index contributed by atoms with van der Waals surface area (Å²) in [5.74, 6) is 0. The highest BCUT2D eigenvalue weighted by Crippen LogP contribution is 2.21. The topological polar surface area (TPSA) is 39.0 Å². The zero-order valence-corrected chi connectivity index (χ0v) is 7.83. The van der Waals surface area contributed by atoms with Gasteiger partial charge in [-0.2, -0.15) is 0 Å². The van der Waals surface area contributed by atoms with Gasteiger partial charge in [-0.15, -0.1) is 0 Å². The molecule has 0 aromatic carbocycles. The van der Waals surface area contributed by atoms with Gasteiger partial charge in [0.05, 0.1) is 5.54 Å². The Bertz CT molecular complexity index is 265. The van der Waals surface area contributed by atoms with Crippen LogP contribution in [0.4, 0.5) is 0 Å². The molecule has 1 radical (unpaired) electrons. The number of piperazine rings is 1. The van der Waals surface area contributed by atoms with Crippen molar-refractivity contribution >= 4 is 0 Å². The number of rotatable bonds is 1. The Labute approximate surface area is 78.6 Å². The summed E-state index contributed by atoms with van der Waals surface area (Å²) in [4.78, 5) is 4.01. The first kappa shape index (κ1) is 8.66. The van der Waals surface area contributed by atoms with Crippen molar-refractivity contribution in [1.29, 1.82) is 0 Å². The molecule has 3 heteroatoms. The Kier molecular flexibility index (Phi) is 2.29. The van der Waals surface area contributed by atoms with E-state index in [1.54, 1.807) is 0 Å². The molecule has 2 rings (SSSR count). The van der Waals surface area contributed by atoms with Gasteiger partial charge in [0.25, 0.3) is 0 Å². The van der Waals surface area contributed by atoms with E-state index in [2.05, 4.69) is 22.5 Å². The van der Waals surface area contributed by atoms with E-state index >= 15 is 0 Å². The van der Waals surface area contributed by atoms with E-state index in [4.69, 9.17) is 0 Å². The van der Waals surface area contributed by atoms with Gasteiger partial charge < -0.3 is 5.32 Å². The van der Waals surface area contributed by atoms with Gasteiger partial charge in [-0.1, -0.05) is 0 Å². The quantitative estimate of drug-likeness (QED) is 0.677. The summed E-state index contributed by atoms with van der Waals surface area (Å²) in [6, 6.07) is 4.08. The fourth-order valence-corrected chi connectivity index (χ4v) is 1.67. The SMILES string of the molecule is CC1(c2ccncc2)CNCC[N]1. The molecule has 0 bridgehead atoms. The van der Waals surface area contributed by atoms with E-state index in [0.717, 1.165) is 19.6 Å². The standard InChI is InChI=1S/C10H14N3/c1-10(8-12-6-7-13-10)9-2-4-11-5-3-9/h2-5,12H,6-8H2,1H3. The van der Waals surface area contributed by atoms with Gasteiger partial charge in [-0.25, -0.2) is 5.32 Å². The molecule has 3 nitrogen and oxygen atoms in total. The third kappa shape index (κ3) is 1.71. The van der Waals surface area contributed by atoms with Crippen LogP contribution in [0.15, 0.2) is 24.5 Å². The number of pyridine rings is 1. The molecule has 0 amide bonds. The first-order valence-corrected chi connectivity index (χ1v) is 4.61. The van der Waals surface area contributed by atoms with E-state index in [1.807, 2.05) is 24.5 Å². The maximum absolute atomic E-state index is 4.64. The summed E-state index contributed by atoms with van der Waals surface area (Å²) in [5.41, 5.74) is 1.19. The van der Waals surface area contributed by atoms with Crippen LogP contribution in [-0.4, -0.2) is 24.6 Å². The monoisotopic (exact) mass is 176 g/mol. The smallest absolute Gasteiger partial charge is 0.0702 e. The van der Waals surface area contributed by atoms with Crippen LogP contribution >= 0.6 is 0 Å². The molecule has 2 heterocycles. The molecule has 1 saturated heterocycles. The van der Waals surface area contributed by atoms with Crippen LogP contribution < -0.4 is 10.6 Å². The van der Waals surface area contributed by atoms with Crippen LogP contribution in [0.1, 0.15) is 12.5 Å². The Hall–Kier alpha value is -0.930. The lowest BCUT2D eigenvalue weighted by Gasteiger charge is -2.34. The predicted molar refractivity (Wildman–Crippen MR) is 51.5 cm³/mol. The average molecular weight is 176 g/mol. The van der Waals surface area contributed by atoms with E-state index in [-0.39, 0.29) is 5.54 Å². The fraction of sp³-hybridized carbons (Fsp3) is 0.500. The first-order chi connectivity index (χ1) is 6.31. The minimum atomic E-state index is -0.0544. The van der Waals surface area contributed by atoms with Gasteiger partial charge in [0.15, 0.2) is 0 Å². The van der Waals surface area contributed by atoms with Crippen molar-refractivity contribution in [3.05, 3.63) is 30.1 Å². The normalized spacial score (nSPS) is 28.7. The summed E-state index contributed by atoms with van der Waals surface area (Å²) in [6.45, 7) is 4.99. The molecule has 1 aromatic heterocycles. The lowest BCUT2D eigenvalue weighted by molar-refractivity contribution is 0.295. The molecule has 1 atom stereocenters. The molecule has 69 valence electrons. The maximum atomic E-state index is 4.64. The van der Waals surface area contributed by atoms with Crippen molar-refractivity contribution in [3.63, 3.8) is 0 Å². The molecule has 1 unspecified atom stereocenters. The Balaban J connectivity index is 2.23.